The van der Waals surface area contributed by atoms with Gasteiger partial charge in [-0.2, -0.15) is 0 Å². The summed E-state index contributed by atoms with van der Waals surface area (Å²) < 4.78 is 0. The van der Waals surface area contributed by atoms with Crippen LogP contribution < -0.4 is 26.2 Å². The molecule has 79 heavy (non-hydrogen) atoms. The number of amides is 5. The zero-order chi connectivity index (χ0) is 54.8. The lowest BCUT2D eigenvalue weighted by Gasteiger charge is -2.40. The molecule has 5 amide bonds. The maximum Gasteiger partial charge on any atom is 0.251 e. The molecule has 428 valence electrons. The number of likely N-dealkylation sites (tertiary alicyclic amines) is 2. The second-order valence-corrected chi connectivity index (χ2v) is 24.2. The van der Waals surface area contributed by atoms with E-state index >= 15 is 0 Å². The Morgan fingerprint density at radius 1 is 0.747 bits per heavy atom. The normalized spacial score (nSPS) is 23.5. The summed E-state index contributed by atoms with van der Waals surface area (Å²) in [6.07, 6.45) is 13.0. The summed E-state index contributed by atoms with van der Waals surface area (Å²) in [6.45, 7) is 13.6. The molecular weight excluding hydrogens is 1020 g/mol. The van der Waals surface area contributed by atoms with Gasteiger partial charge < -0.3 is 46.0 Å². The van der Waals surface area contributed by atoms with Crippen LogP contribution in [-0.2, 0) is 19.2 Å². The molecule has 19 heteroatoms. The first-order valence-electron chi connectivity index (χ1n) is 29.9. The third-order valence-electron chi connectivity index (χ3n) is 18.2. The third kappa shape index (κ3) is 14.8. The molecule has 1 aromatic heterocycles. The summed E-state index contributed by atoms with van der Waals surface area (Å²) in [5, 5.41) is 24.3. The van der Waals surface area contributed by atoms with Crippen LogP contribution in [-0.4, -0.2) is 199 Å². The maximum atomic E-state index is 14.4. The predicted molar refractivity (Wildman–Crippen MR) is 305 cm³/mol. The van der Waals surface area contributed by atoms with Crippen molar-refractivity contribution >= 4 is 47.0 Å². The summed E-state index contributed by atoms with van der Waals surface area (Å²) in [5.74, 6) is 1.46. The first kappa shape index (κ1) is 57.0. The number of aliphatic hydroxyl groups is 1. The molecule has 0 bridgehead atoms. The molecule has 3 aliphatic carbocycles. The number of anilines is 1. The van der Waals surface area contributed by atoms with E-state index in [1.54, 1.807) is 0 Å². The predicted octanol–water partition coefficient (Wildman–Crippen LogP) is 4.50. The zero-order valence-electron chi connectivity index (χ0n) is 46.5. The molecule has 5 heterocycles. The van der Waals surface area contributed by atoms with E-state index in [1.165, 1.54) is 6.33 Å². The molecule has 18 nitrogen and oxygen atoms in total. The largest absolute Gasteiger partial charge is 0.387 e. The molecule has 2 saturated carbocycles. The van der Waals surface area contributed by atoms with Gasteiger partial charge in [-0.3, -0.25) is 33.8 Å². The van der Waals surface area contributed by atoms with Crippen LogP contribution in [0, 0.1) is 11.8 Å². The van der Waals surface area contributed by atoms with Crippen molar-refractivity contribution in [1.29, 1.82) is 0 Å². The molecule has 7 aliphatic rings. The Balaban J connectivity index is 0.629. The number of fused-ring (bicyclic) bond motifs is 1. The molecule has 5 N–H and O–H groups in total. The maximum absolute atomic E-state index is 14.4. The number of hydrogen-bond acceptors (Lipinski definition) is 13. The molecule has 2 aromatic carbocycles. The summed E-state index contributed by atoms with van der Waals surface area (Å²) in [5.41, 5.74) is 4.27. The third-order valence-corrected chi connectivity index (χ3v) is 18.4. The van der Waals surface area contributed by atoms with Gasteiger partial charge >= 0.3 is 0 Å². The second-order valence-electron chi connectivity index (χ2n) is 23.8. The number of hydrogen-bond donors (Lipinski definition) is 5. The Morgan fingerprint density at radius 2 is 1.48 bits per heavy atom. The van der Waals surface area contributed by atoms with Gasteiger partial charge in [-0.15, -0.1) is 0 Å². The van der Waals surface area contributed by atoms with E-state index < -0.39 is 18.1 Å². The number of benzene rings is 2. The van der Waals surface area contributed by atoms with Gasteiger partial charge in [0, 0.05) is 120 Å². The van der Waals surface area contributed by atoms with Crippen LogP contribution in [0.1, 0.15) is 141 Å². The molecule has 4 saturated heterocycles. The van der Waals surface area contributed by atoms with Crippen molar-refractivity contribution in [1.82, 2.24) is 55.7 Å². The number of aliphatic hydroxyl groups excluding tert-OH is 1. The number of rotatable bonds is 20. The highest BCUT2D eigenvalue weighted by Gasteiger charge is 2.38. The van der Waals surface area contributed by atoms with E-state index in [9.17, 15) is 29.1 Å². The Labute approximate surface area is 472 Å². The number of carbonyl (C=O) groups is 5. The van der Waals surface area contributed by atoms with Crippen molar-refractivity contribution in [3.05, 3.63) is 87.8 Å². The smallest absolute Gasteiger partial charge is 0.251 e. The van der Waals surface area contributed by atoms with Gasteiger partial charge in [-0.1, -0.05) is 62.1 Å². The number of nitrogens with one attached hydrogen (secondary N) is 4. The minimum absolute atomic E-state index is 0.00377. The van der Waals surface area contributed by atoms with Crippen LogP contribution in [0.5, 0.6) is 0 Å². The number of nitrogens with zero attached hydrogens (tertiary/aromatic N) is 8. The Hall–Kier alpha value is -5.24. The van der Waals surface area contributed by atoms with Gasteiger partial charge in [0.05, 0.1) is 30.8 Å². The van der Waals surface area contributed by atoms with Crippen molar-refractivity contribution in [3.8, 4) is 0 Å². The highest BCUT2D eigenvalue weighted by Crippen LogP contribution is 2.43. The lowest BCUT2D eigenvalue weighted by molar-refractivity contribution is -0.137. The summed E-state index contributed by atoms with van der Waals surface area (Å²) in [7, 11) is 0. The van der Waals surface area contributed by atoms with Gasteiger partial charge in [0.2, 0.25) is 23.6 Å². The average Bonchev–Trinajstić information content (AvgIpc) is 4.35. The van der Waals surface area contributed by atoms with Gasteiger partial charge in [0.15, 0.2) is 0 Å². The van der Waals surface area contributed by atoms with Gasteiger partial charge in [-0.25, -0.2) is 9.97 Å². The highest BCUT2D eigenvalue weighted by molar-refractivity contribution is 6.30. The van der Waals surface area contributed by atoms with Crippen LogP contribution >= 0.6 is 11.6 Å². The van der Waals surface area contributed by atoms with Crippen LogP contribution in [0.3, 0.4) is 0 Å². The van der Waals surface area contributed by atoms with Crippen molar-refractivity contribution < 1.29 is 29.1 Å². The van der Waals surface area contributed by atoms with E-state index in [2.05, 4.69) is 58.9 Å². The Bertz CT molecular complexity index is 2560. The van der Waals surface area contributed by atoms with Crippen molar-refractivity contribution in [2.24, 2.45) is 11.8 Å². The first-order valence-corrected chi connectivity index (χ1v) is 30.3. The quantitative estimate of drug-likeness (QED) is 0.0993. The molecule has 3 aromatic rings. The standard InChI is InChI=1S/C60H85ClN12O6/c1-41-33-51(74)56-54(41)57(66-40-65-56)70-29-31-71(32-30-70)59(78)50(43-12-14-48(61)15-13-43)35-62-20-21-63-52(75)39-68-23-18-42(19-24-68)37-69-25-27-72(28-26-69)60(79)55(44-7-3-2-4-8-44)67-58(77)46-10-5-9-45(34-46)47-11-6-22-73(38-47)53(76)36-64-49-16-17-49/h5,9-10,12-15,34,40-42,44,47,49-51,55,62,64,74H,2-4,6-8,11,16-33,35-39H2,1H3,(H,63,75)(H,67,77)/t41-,47?,50-,51-,55-/m1/s1. The summed E-state index contributed by atoms with van der Waals surface area (Å²) in [6, 6.07) is 15.3. The molecule has 0 spiro atoms. The zero-order valence-corrected chi connectivity index (χ0v) is 47.2. The number of piperidine rings is 2. The van der Waals surface area contributed by atoms with Crippen LogP contribution in [0.2, 0.25) is 5.02 Å². The topological polar surface area (TPSA) is 199 Å². The minimum atomic E-state index is -0.570. The van der Waals surface area contributed by atoms with E-state index in [-0.39, 0.29) is 47.3 Å². The van der Waals surface area contributed by atoms with Gasteiger partial charge in [-0.05, 0) is 124 Å². The Kier molecular flexibility index (Phi) is 19.5. The SMILES string of the molecule is C[C@@H]1C[C@@H](O)c2ncnc(N3CCN(C(=O)[C@H](CNCCNC(=O)CN4CCC(CN5CCN(C(=O)[C@H](NC(=O)c6cccc(C7CCCN(C(=O)CNC8CC8)C7)c6)C6CCCCC6)CC5)CC4)c4ccc(Cl)cc4)CC3)c21. The number of aromatic nitrogens is 2. The number of piperazine rings is 2. The minimum Gasteiger partial charge on any atom is -0.387 e. The Morgan fingerprint density at radius 3 is 2.23 bits per heavy atom. The highest BCUT2D eigenvalue weighted by atomic mass is 35.5. The summed E-state index contributed by atoms with van der Waals surface area (Å²) in [4.78, 5) is 90.6. The fraction of sp³-hybridized carbons (Fsp3) is 0.650. The van der Waals surface area contributed by atoms with Crippen LogP contribution in [0.4, 0.5) is 5.82 Å². The van der Waals surface area contributed by atoms with E-state index in [0.29, 0.717) is 108 Å². The second kappa shape index (κ2) is 27.0. The van der Waals surface area contributed by atoms with E-state index in [1.807, 2.05) is 57.2 Å². The number of carbonyl (C=O) groups excluding carboxylic acids is 5. The van der Waals surface area contributed by atoms with Crippen LogP contribution in [0.25, 0.3) is 0 Å². The molecule has 6 fully saturated rings. The van der Waals surface area contributed by atoms with E-state index in [4.69, 9.17) is 11.6 Å². The van der Waals surface area contributed by atoms with Crippen LogP contribution in [0.15, 0.2) is 54.9 Å². The first-order chi connectivity index (χ1) is 38.4. The van der Waals surface area contributed by atoms with Gasteiger partial charge in [0.25, 0.3) is 5.91 Å². The fourth-order valence-corrected chi connectivity index (χ4v) is 13.4. The molecule has 4 aliphatic heterocycles. The molecular formula is C60H85ClN12O6. The van der Waals surface area contributed by atoms with Crippen molar-refractivity contribution in [2.75, 3.05) is 123 Å². The molecule has 10 rings (SSSR count). The molecule has 0 radical (unpaired) electrons. The van der Waals surface area contributed by atoms with Crippen molar-refractivity contribution in [3.63, 3.8) is 0 Å². The van der Waals surface area contributed by atoms with Crippen molar-refractivity contribution in [2.45, 2.75) is 120 Å². The fourth-order valence-electron chi connectivity index (χ4n) is 13.3. The van der Waals surface area contributed by atoms with E-state index in [0.717, 1.165) is 138 Å². The summed E-state index contributed by atoms with van der Waals surface area (Å²) >= 11 is 6.25. The van der Waals surface area contributed by atoms with Gasteiger partial charge in [0.1, 0.15) is 18.2 Å². The molecule has 1 unspecified atom stereocenters. The molecule has 5 atom stereocenters. The average molecular weight is 1110 g/mol. The monoisotopic (exact) mass is 1100 g/mol. The lowest BCUT2D eigenvalue weighted by Crippen LogP contribution is -2.57. The number of halogens is 1. The lowest BCUT2D eigenvalue weighted by atomic mass is 9.83.